The Morgan fingerprint density at radius 1 is 1.05 bits per heavy atom. The summed E-state index contributed by atoms with van der Waals surface area (Å²) in [7, 11) is 0. The maximum Gasteiger partial charge on any atom is 0.134 e. The predicted octanol–water partition coefficient (Wildman–Crippen LogP) is 4.37. The summed E-state index contributed by atoms with van der Waals surface area (Å²) in [6.07, 6.45) is 1.86. The van der Waals surface area contributed by atoms with E-state index in [0.717, 1.165) is 29.6 Å². The standard InChI is InChI=1S/C18H19NO/c1-13-6-8-14(9-7-13)10-11-16(19)18-12-15-4-2-3-5-17(15)20-18/h2-9,12,16H,10-11,19H2,1H3. The summed E-state index contributed by atoms with van der Waals surface area (Å²) in [6.45, 7) is 2.10. The van der Waals surface area contributed by atoms with Gasteiger partial charge < -0.3 is 10.2 Å². The molecule has 3 aromatic rings. The minimum Gasteiger partial charge on any atom is -0.459 e. The lowest BCUT2D eigenvalue weighted by Crippen LogP contribution is -2.10. The summed E-state index contributed by atoms with van der Waals surface area (Å²) in [5.41, 5.74) is 9.76. The minimum absolute atomic E-state index is 0.0521. The maximum absolute atomic E-state index is 6.24. The molecule has 0 spiro atoms. The quantitative estimate of drug-likeness (QED) is 0.760. The molecule has 2 nitrogen and oxygen atoms in total. The Labute approximate surface area is 119 Å². The van der Waals surface area contributed by atoms with E-state index >= 15 is 0 Å². The highest BCUT2D eigenvalue weighted by atomic mass is 16.3. The van der Waals surface area contributed by atoms with Gasteiger partial charge in [-0.1, -0.05) is 48.0 Å². The van der Waals surface area contributed by atoms with Crippen LogP contribution in [0.15, 0.2) is 59.0 Å². The molecular weight excluding hydrogens is 246 g/mol. The summed E-state index contributed by atoms with van der Waals surface area (Å²) in [5.74, 6) is 0.873. The topological polar surface area (TPSA) is 39.2 Å². The summed E-state index contributed by atoms with van der Waals surface area (Å²) in [5, 5.41) is 1.12. The Hall–Kier alpha value is -2.06. The van der Waals surface area contributed by atoms with Crippen molar-refractivity contribution in [1.82, 2.24) is 0 Å². The van der Waals surface area contributed by atoms with Crippen molar-refractivity contribution in [2.75, 3.05) is 0 Å². The average molecular weight is 265 g/mol. The number of nitrogens with two attached hydrogens (primary N) is 1. The molecule has 0 aliphatic carbocycles. The van der Waals surface area contributed by atoms with E-state index in [1.807, 2.05) is 18.2 Å². The van der Waals surface area contributed by atoms with E-state index in [4.69, 9.17) is 10.2 Å². The van der Waals surface area contributed by atoms with Crippen LogP contribution >= 0.6 is 0 Å². The summed E-state index contributed by atoms with van der Waals surface area (Å²) in [6, 6.07) is 18.6. The first-order valence-electron chi connectivity index (χ1n) is 7.02. The smallest absolute Gasteiger partial charge is 0.134 e. The third-order valence-electron chi connectivity index (χ3n) is 3.67. The average Bonchev–Trinajstić information content (AvgIpc) is 2.90. The molecule has 0 bridgehead atoms. The lowest BCUT2D eigenvalue weighted by molar-refractivity contribution is 0.478. The first-order chi connectivity index (χ1) is 9.72. The van der Waals surface area contributed by atoms with Gasteiger partial charge in [-0.15, -0.1) is 0 Å². The molecule has 1 aromatic heterocycles. The van der Waals surface area contributed by atoms with Crippen LogP contribution < -0.4 is 5.73 Å². The molecule has 0 saturated heterocycles. The molecule has 0 aliphatic heterocycles. The first kappa shape index (κ1) is 12.9. The third-order valence-corrected chi connectivity index (χ3v) is 3.67. The lowest BCUT2D eigenvalue weighted by atomic mass is 10.0. The molecule has 2 aromatic carbocycles. The number of rotatable bonds is 4. The van der Waals surface area contributed by atoms with Gasteiger partial charge >= 0.3 is 0 Å². The maximum atomic E-state index is 6.24. The van der Waals surface area contributed by atoms with E-state index in [1.54, 1.807) is 0 Å². The molecule has 2 heteroatoms. The Morgan fingerprint density at radius 3 is 2.55 bits per heavy atom. The van der Waals surface area contributed by atoms with Crippen LogP contribution in [0.2, 0.25) is 0 Å². The second-order valence-corrected chi connectivity index (χ2v) is 5.32. The van der Waals surface area contributed by atoms with E-state index in [9.17, 15) is 0 Å². The van der Waals surface area contributed by atoms with Gasteiger partial charge in [0.15, 0.2) is 0 Å². The van der Waals surface area contributed by atoms with Gasteiger partial charge in [0.1, 0.15) is 11.3 Å². The van der Waals surface area contributed by atoms with Crippen LogP contribution in [0, 0.1) is 6.92 Å². The van der Waals surface area contributed by atoms with Crippen molar-refractivity contribution < 1.29 is 4.42 Å². The van der Waals surface area contributed by atoms with Gasteiger partial charge in [-0.3, -0.25) is 0 Å². The number of benzene rings is 2. The molecule has 2 N–H and O–H groups in total. The number of hydrogen-bond donors (Lipinski definition) is 1. The molecular formula is C18H19NO. The van der Waals surface area contributed by atoms with Crippen molar-refractivity contribution in [2.45, 2.75) is 25.8 Å². The summed E-state index contributed by atoms with van der Waals surface area (Å²) >= 11 is 0. The fourth-order valence-electron chi connectivity index (χ4n) is 2.40. The zero-order valence-corrected chi connectivity index (χ0v) is 11.7. The number of hydrogen-bond acceptors (Lipinski definition) is 2. The Morgan fingerprint density at radius 2 is 1.80 bits per heavy atom. The molecule has 3 rings (SSSR count). The normalized spacial score (nSPS) is 12.7. The zero-order valence-electron chi connectivity index (χ0n) is 11.7. The number of para-hydroxylation sites is 1. The number of fused-ring (bicyclic) bond motifs is 1. The number of aryl methyl sites for hydroxylation is 2. The van der Waals surface area contributed by atoms with Crippen molar-refractivity contribution in [3.63, 3.8) is 0 Å². The fourth-order valence-corrected chi connectivity index (χ4v) is 2.40. The van der Waals surface area contributed by atoms with Crippen molar-refractivity contribution in [2.24, 2.45) is 5.73 Å². The molecule has 1 atom stereocenters. The second-order valence-electron chi connectivity index (χ2n) is 5.32. The second kappa shape index (κ2) is 5.51. The zero-order chi connectivity index (χ0) is 13.9. The number of furan rings is 1. The molecule has 1 unspecified atom stereocenters. The van der Waals surface area contributed by atoms with E-state index < -0.39 is 0 Å². The van der Waals surface area contributed by atoms with Gasteiger partial charge in [0.05, 0.1) is 6.04 Å². The predicted molar refractivity (Wildman–Crippen MR) is 82.6 cm³/mol. The van der Waals surface area contributed by atoms with Crippen molar-refractivity contribution in [3.05, 3.63) is 71.5 Å². The molecule has 0 fully saturated rings. The van der Waals surface area contributed by atoms with Crippen LogP contribution in [0.5, 0.6) is 0 Å². The van der Waals surface area contributed by atoms with E-state index in [0.29, 0.717) is 0 Å². The summed E-state index contributed by atoms with van der Waals surface area (Å²) < 4.78 is 5.81. The first-order valence-corrected chi connectivity index (χ1v) is 7.02. The van der Waals surface area contributed by atoms with Crippen LogP contribution in [0.25, 0.3) is 11.0 Å². The summed E-state index contributed by atoms with van der Waals surface area (Å²) in [4.78, 5) is 0. The fraction of sp³-hybridized carbons (Fsp3) is 0.222. The van der Waals surface area contributed by atoms with Crippen LogP contribution in [0.4, 0.5) is 0 Å². The molecule has 0 radical (unpaired) electrons. The van der Waals surface area contributed by atoms with Gasteiger partial charge in [-0.25, -0.2) is 0 Å². The Balaban J connectivity index is 1.69. The van der Waals surface area contributed by atoms with Crippen molar-refractivity contribution in [3.8, 4) is 0 Å². The largest absolute Gasteiger partial charge is 0.459 e. The molecule has 1 heterocycles. The minimum atomic E-state index is -0.0521. The third kappa shape index (κ3) is 2.75. The van der Waals surface area contributed by atoms with Crippen molar-refractivity contribution in [1.29, 1.82) is 0 Å². The van der Waals surface area contributed by atoms with Crippen molar-refractivity contribution >= 4 is 11.0 Å². The Kier molecular flexibility index (Phi) is 3.57. The molecule has 0 saturated carbocycles. The molecule has 102 valence electrons. The Bertz CT molecular complexity index is 664. The SMILES string of the molecule is Cc1ccc(CCC(N)c2cc3ccccc3o2)cc1. The van der Waals surface area contributed by atoms with E-state index in [1.165, 1.54) is 11.1 Å². The van der Waals surface area contributed by atoms with Gasteiger partial charge in [-0.2, -0.15) is 0 Å². The molecule has 20 heavy (non-hydrogen) atoms. The highest BCUT2D eigenvalue weighted by Gasteiger charge is 2.11. The van der Waals surface area contributed by atoms with Crippen LogP contribution in [0.3, 0.4) is 0 Å². The van der Waals surface area contributed by atoms with Gasteiger partial charge in [0.2, 0.25) is 0 Å². The van der Waals surface area contributed by atoms with E-state index in [-0.39, 0.29) is 6.04 Å². The monoisotopic (exact) mass is 265 g/mol. The van der Waals surface area contributed by atoms with Gasteiger partial charge in [0.25, 0.3) is 0 Å². The van der Waals surface area contributed by atoms with Crippen LogP contribution in [-0.4, -0.2) is 0 Å². The van der Waals surface area contributed by atoms with E-state index in [2.05, 4.69) is 43.3 Å². The van der Waals surface area contributed by atoms with Gasteiger partial charge in [-0.05, 0) is 37.5 Å². The van der Waals surface area contributed by atoms with Crippen LogP contribution in [0.1, 0.15) is 29.3 Å². The van der Waals surface area contributed by atoms with Crippen LogP contribution in [-0.2, 0) is 6.42 Å². The highest BCUT2D eigenvalue weighted by Crippen LogP contribution is 2.25. The molecule has 0 amide bonds. The molecule has 0 aliphatic rings. The highest BCUT2D eigenvalue weighted by molar-refractivity contribution is 5.77. The van der Waals surface area contributed by atoms with Gasteiger partial charge in [0, 0.05) is 5.39 Å². The lowest BCUT2D eigenvalue weighted by Gasteiger charge is -2.08.